The Hall–Kier alpha value is 0.0200. The standard InChI is InChI=1S/C16H36N2OP/c1-7-9-11-13-15(3,4)17-20(19)18-16(5,6)14-12-10-8-2/h7-14H2,1-6H3,(H2,17,18,19)/q+1. The second-order valence-electron chi connectivity index (χ2n) is 7.20. The fraction of sp³-hybridized carbons (Fsp3) is 1.00. The van der Waals surface area contributed by atoms with Crippen LogP contribution in [0.5, 0.6) is 0 Å². The molecule has 0 rings (SSSR count). The summed E-state index contributed by atoms with van der Waals surface area (Å²) in [5.74, 6) is 0. The zero-order valence-corrected chi connectivity index (χ0v) is 15.4. The smallest absolute Gasteiger partial charge is 0.0859 e. The summed E-state index contributed by atoms with van der Waals surface area (Å²) in [4.78, 5) is 0. The molecule has 0 spiro atoms. The van der Waals surface area contributed by atoms with Crippen LogP contribution >= 0.6 is 8.10 Å². The average Bonchev–Trinajstić information content (AvgIpc) is 2.27. The second kappa shape index (κ2) is 9.87. The highest BCUT2D eigenvalue weighted by atomic mass is 31.1. The van der Waals surface area contributed by atoms with Crippen LogP contribution in [-0.4, -0.2) is 11.1 Å². The van der Waals surface area contributed by atoms with E-state index in [9.17, 15) is 4.57 Å². The van der Waals surface area contributed by atoms with E-state index in [2.05, 4.69) is 51.7 Å². The van der Waals surface area contributed by atoms with Gasteiger partial charge in [-0.15, -0.1) is 0 Å². The molecule has 0 aromatic carbocycles. The van der Waals surface area contributed by atoms with E-state index in [1.807, 2.05) is 0 Å². The topological polar surface area (TPSA) is 41.1 Å². The summed E-state index contributed by atoms with van der Waals surface area (Å²) < 4.78 is 12.3. The van der Waals surface area contributed by atoms with Gasteiger partial charge >= 0.3 is 8.10 Å². The van der Waals surface area contributed by atoms with Crippen molar-refractivity contribution in [2.45, 2.75) is 104 Å². The molecule has 0 saturated carbocycles. The third-order valence-corrected chi connectivity index (χ3v) is 5.24. The van der Waals surface area contributed by atoms with Crippen LogP contribution in [0, 0.1) is 0 Å². The van der Waals surface area contributed by atoms with Crippen molar-refractivity contribution in [3.63, 3.8) is 0 Å². The van der Waals surface area contributed by atoms with Gasteiger partial charge in [0.15, 0.2) is 0 Å². The Morgan fingerprint density at radius 3 is 1.40 bits per heavy atom. The average molecular weight is 303 g/mol. The Bertz CT molecular complexity index is 252. The highest BCUT2D eigenvalue weighted by molar-refractivity contribution is 7.40. The van der Waals surface area contributed by atoms with E-state index < -0.39 is 8.10 Å². The molecule has 0 fully saturated rings. The molecule has 0 saturated heterocycles. The summed E-state index contributed by atoms with van der Waals surface area (Å²) in [6.07, 6.45) is 9.48. The van der Waals surface area contributed by atoms with Crippen molar-refractivity contribution in [3.05, 3.63) is 0 Å². The molecule has 2 N–H and O–H groups in total. The molecule has 3 nitrogen and oxygen atoms in total. The molecule has 0 radical (unpaired) electrons. The number of unbranched alkanes of at least 4 members (excludes halogenated alkanes) is 4. The second-order valence-corrected chi connectivity index (χ2v) is 8.24. The van der Waals surface area contributed by atoms with E-state index in [4.69, 9.17) is 0 Å². The van der Waals surface area contributed by atoms with Gasteiger partial charge in [0.05, 0.1) is 11.1 Å². The highest BCUT2D eigenvalue weighted by Gasteiger charge is 2.34. The number of nitrogens with one attached hydrogen (secondary N) is 2. The minimum Gasteiger partial charge on any atom is -0.0859 e. The van der Waals surface area contributed by atoms with Gasteiger partial charge in [0.25, 0.3) is 0 Å². The van der Waals surface area contributed by atoms with Crippen LogP contribution in [0.3, 0.4) is 0 Å². The molecule has 0 aromatic heterocycles. The van der Waals surface area contributed by atoms with Crippen LogP contribution in [0.4, 0.5) is 0 Å². The van der Waals surface area contributed by atoms with Gasteiger partial charge in [-0.1, -0.05) is 62.5 Å². The van der Waals surface area contributed by atoms with Crippen molar-refractivity contribution in [2.75, 3.05) is 0 Å². The van der Waals surface area contributed by atoms with Crippen molar-refractivity contribution in [1.29, 1.82) is 0 Å². The first-order chi connectivity index (χ1) is 9.22. The van der Waals surface area contributed by atoms with Crippen molar-refractivity contribution in [2.24, 2.45) is 0 Å². The molecular formula is C16H36N2OP+. The third-order valence-electron chi connectivity index (χ3n) is 3.62. The Morgan fingerprint density at radius 1 is 0.750 bits per heavy atom. The molecule has 0 heterocycles. The Labute approximate surface area is 127 Å². The molecule has 20 heavy (non-hydrogen) atoms. The molecule has 0 aliphatic carbocycles. The largest absolute Gasteiger partial charge is 0.533 e. The Kier molecular flexibility index (Phi) is 9.88. The van der Waals surface area contributed by atoms with Gasteiger partial charge in [-0.3, -0.25) is 0 Å². The first-order valence-corrected chi connectivity index (χ1v) is 9.51. The fourth-order valence-electron chi connectivity index (χ4n) is 2.32. The SMILES string of the molecule is CCCCCC(C)(C)N[P+](=O)NC(C)(C)CCCCC. The molecule has 120 valence electrons. The normalized spacial score (nSPS) is 12.7. The highest BCUT2D eigenvalue weighted by Crippen LogP contribution is 2.26. The minimum absolute atomic E-state index is 0.0604. The molecule has 0 aliphatic rings. The van der Waals surface area contributed by atoms with Crippen LogP contribution in [0.1, 0.15) is 92.9 Å². The number of hydrogen-bond acceptors (Lipinski definition) is 1. The fourth-order valence-corrected chi connectivity index (χ4v) is 3.70. The molecule has 4 heteroatoms. The van der Waals surface area contributed by atoms with Crippen molar-refractivity contribution < 1.29 is 4.57 Å². The predicted octanol–water partition coefficient (Wildman–Crippen LogP) is 5.54. The maximum absolute atomic E-state index is 12.3. The quantitative estimate of drug-likeness (QED) is 0.367. The van der Waals surface area contributed by atoms with Crippen LogP contribution in [0.15, 0.2) is 0 Å². The number of hydrogen-bond donors (Lipinski definition) is 2. The predicted molar refractivity (Wildman–Crippen MR) is 90.3 cm³/mol. The van der Waals surface area contributed by atoms with Gasteiger partial charge in [0.2, 0.25) is 0 Å². The Balaban J connectivity index is 4.12. The molecule has 0 bridgehead atoms. The van der Waals surface area contributed by atoms with Gasteiger partial charge < -0.3 is 0 Å². The van der Waals surface area contributed by atoms with E-state index in [-0.39, 0.29) is 11.1 Å². The van der Waals surface area contributed by atoms with Crippen molar-refractivity contribution in [1.82, 2.24) is 10.2 Å². The summed E-state index contributed by atoms with van der Waals surface area (Å²) in [5.41, 5.74) is -0.121. The first kappa shape index (κ1) is 20.0. The first-order valence-electron chi connectivity index (χ1n) is 8.25. The van der Waals surface area contributed by atoms with Crippen molar-refractivity contribution in [3.8, 4) is 0 Å². The summed E-state index contributed by atoms with van der Waals surface area (Å²) in [7, 11) is -1.55. The summed E-state index contributed by atoms with van der Waals surface area (Å²) in [6.45, 7) is 13.0. The molecule has 0 amide bonds. The van der Waals surface area contributed by atoms with E-state index in [0.29, 0.717) is 0 Å². The van der Waals surface area contributed by atoms with E-state index in [1.54, 1.807) is 0 Å². The van der Waals surface area contributed by atoms with E-state index in [0.717, 1.165) is 12.8 Å². The molecule has 0 atom stereocenters. The lowest BCUT2D eigenvalue weighted by Crippen LogP contribution is -2.41. The van der Waals surface area contributed by atoms with Crippen LogP contribution in [0.25, 0.3) is 0 Å². The van der Waals surface area contributed by atoms with Crippen molar-refractivity contribution >= 4 is 8.10 Å². The Morgan fingerprint density at radius 2 is 1.10 bits per heavy atom. The lowest BCUT2D eigenvalue weighted by atomic mass is 9.98. The van der Waals surface area contributed by atoms with Crippen LogP contribution in [0.2, 0.25) is 0 Å². The maximum Gasteiger partial charge on any atom is 0.533 e. The van der Waals surface area contributed by atoms with E-state index in [1.165, 1.54) is 38.5 Å². The third kappa shape index (κ3) is 10.8. The van der Waals surface area contributed by atoms with Gasteiger partial charge in [0.1, 0.15) is 0 Å². The lowest BCUT2D eigenvalue weighted by molar-refractivity contribution is 0.380. The minimum atomic E-state index is -1.55. The van der Waals surface area contributed by atoms with Gasteiger partial charge in [-0.25, -0.2) is 0 Å². The van der Waals surface area contributed by atoms with Gasteiger partial charge in [-0.05, 0) is 45.1 Å². The summed E-state index contributed by atoms with van der Waals surface area (Å²) in [5, 5.41) is 6.52. The zero-order valence-electron chi connectivity index (χ0n) is 14.5. The molecular weight excluding hydrogens is 267 g/mol. The zero-order chi connectivity index (χ0) is 15.6. The lowest BCUT2D eigenvalue weighted by Gasteiger charge is -2.23. The molecule has 0 unspecified atom stereocenters. The van der Waals surface area contributed by atoms with Gasteiger partial charge in [0, 0.05) is 0 Å². The molecule has 0 aromatic rings. The van der Waals surface area contributed by atoms with Gasteiger partial charge in [-0.2, -0.15) is 0 Å². The summed E-state index contributed by atoms with van der Waals surface area (Å²) in [6, 6.07) is 0. The summed E-state index contributed by atoms with van der Waals surface area (Å²) >= 11 is 0. The molecule has 0 aliphatic heterocycles. The maximum atomic E-state index is 12.3. The number of rotatable bonds is 12. The van der Waals surface area contributed by atoms with E-state index >= 15 is 0 Å². The van der Waals surface area contributed by atoms with Crippen LogP contribution in [-0.2, 0) is 4.57 Å². The monoisotopic (exact) mass is 303 g/mol. The van der Waals surface area contributed by atoms with Crippen LogP contribution < -0.4 is 10.2 Å².